The number of amides is 1. The molecule has 0 spiro atoms. The van der Waals surface area contributed by atoms with Gasteiger partial charge in [-0.25, -0.2) is 0 Å². The first-order valence-electron chi connectivity index (χ1n) is 8.20. The molecule has 5 nitrogen and oxygen atoms in total. The van der Waals surface area contributed by atoms with Crippen LogP contribution in [-0.2, 0) is 4.79 Å². The maximum atomic E-state index is 11.9. The van der Waals surface area contributed by atoms with Crippen LogP contribution in [-0.4, -0.2) is 33.2 Å². The number of carbonyl (C=O) groups is 1. The largest absolute Gasteiger partial charge is 0.497 e. The van der Waals surface area contributed by atoms with Crippen LogP contribution in [0.3, 0.4) is 0 Å². The molecule has 0 saturated heterocycles. The zero-order valence-corrected chi connectivity index (χ0v) is 14.6. The fraction of sp³-hybridized carbons (Fsp3) is 0.250. The van der Waals surface area contributed by atoms with Crippen molar-refractivity contribution in [3.8, 4) is 11.5 Å². The molecule has 2 N–H and O–H groups in total. The van der Waals surface area contributed by atoms with Crippen molar-refractivity contribution in [1.29, 1.82) is 0 Å². The zero-order chi connectivity index (χ0) is 17.9. The van der Waals surface area contributed by atoms with Crippen molar-refractivity contribution in [3.05, 3.63) is 60.2 Å². The third-order valence-corrected chi connectivity index (χ3v) is 3.61. The molecule has 1 amide bonds. The molecular weight excluding hydrogens is 316 g/mol. The SMILES string of the molecule is COc1ccc(C=CC(=O)NCCCNc2ccccc2)c(OC)c1. The number of nitrogens with one attached hydrogen (secondary N) is 2. The molecule has 0 aliphatic rings. The number of hydrogen-bond donors (Lipinski definition) is 2. The third kappa shape index (κ3) is 6.22. The maximum absolute atomic E-state index is 11.9. The predicted molar refractivity (Wildman–Crippen MR) is 101 cm³/mol. The van der Waals surface area contributed by atoms with Gasteiger partial charge in [-0.2, -0.15) is 0 Å². The van der Waals surface area contributed by atoms with Gasteiger partial charge in [-0.3, -0.25) is 4.79 Å². The van der Waals surface area contributed by atoms with Gasteiger partial charge in [0.25, 0.3) is 0 Å². The molecule has 2 aromatic carbocycles. The molecule has 0 heterocycles. The Morgan fingerprint density at radius 2 is 1.84 bits per heavy atom. The summed E-state index contributed by atoms with van der Waals surface area (Å²) in [5.41, 5.74) is 1.91. The van der Waals surface area contributed by atoms with Crippen molar-refractivity contribution in [2.45, 2.75) is 6.42 Å². The molecular formula is C20H24N2O3. The minimum atomic E-state index is -0.127. The molecule has 0 fully saturated rings. The Kier molecular flexibility index (Phi) is 7.38. The Balaban J connectivity index is 1.73. The lowest BCUT2D eigenvalue weighted by molar-refractivity contribution is -0.116. The second kappa shape index (κ2) is 10.0. The highest BCUT2D eigenvalue weighted by molar-refractivity contribution is 5.92. The number of anilines is 1. The number of rotatable bonds is 9. The number of carbonyl (C=O) groups excluding carboxylic acids is 1. The Morgan fingerprint density at radius 3 is 2.56 bits per heavy atom. The lowest BCUT2D eigenvalue weighted by Gasteiger charge is -2.08. The van der Waals surface area contributed by atoms with Crippen LogP contribution < -0.4 is 20.1 Å². The molecule has 0 aromatic heterocycles. The van der Waals surface area contributed by atoms with E-state index in [0.717, 1.165) is 24.2 Å². The van der Waals surface area contributed by atoms with Gasteiger partial charge in [-0.05, 0) is 36.8 Å². The van der Waals surface area contributed by atoms with Crippen molar-refractivity contribution in [1.82, 2.24) is 5.32 Å². The number of benzene rings is 2. The summed E-state index contributed by atoms with van der Waals surface area (Å²) in [6, 6.07) is 15.5. The van der Waals surface area contributed by atoms with Crippen LogP contribution in [0.1, 0.15) is 12.0 Å². The Morgan fingerprint density at radius 1 is 1.04 bits per heavy atom. The smallest absolute Gasteiger partial charge is 0.244 e. The van der Waals surface area contributed by atoms with Gasteiger partial charge in [-0.1, -0.05) is 18.2 Å². The fourth-order valence-electron chi connectivity index (χ4n) is 2.27. The second-order valence-corrected chi connectivity index (χ2v) is 5.38. The summed E-state index contributed by atoms with van der Waals surface area (Å²) in [5, 5.41) is 6.17. The van der Waals surface area contributed by atoms with Gasteiger partial charge in [0.15, 0.2) is 0 Å². The highest BCUT2D eigenvalue weighted by Gasteiger charge is 2.03. The summed E-state index contributed by atoms with van der Waals surface area (Å²) in [4.78, 5) is 11.9. The van der Waals surface area contributed by atoms with E-state index < -0.39 is 0 Å². The maximum Gasteiger partial charge on any atom is 0.244 e. The van der Waals surface area contributed by atoms with E-state index in [1.54, 1.807) is 26.4 Å². The van der Waals surface area contributed by atoms with Gasteiger partial charge in [-0.15, -0.1) is 0 Å². The first-order valence-corrected chi connectivity index (χ1v) is 8.20. The lowest BCUT2D eigenvalue weighted by atomic mass is 10.1. The van der Waals surface area contributed by atoms with Crippen LogP contribution in [0.4, 0.5) is 5.69 Å². The van der Waals surface area contributed by atoms with Crippen LogP contribution in [0, 0.1) is 0 Å². The Bertz CT molecular complexity index is 699. The molecule has 25 heavy (non-hydrogen) atoms. The summed E-state index contributed by atoms with van der Waals surface area (Å²) < 4.78 is 10.5. The highest BCUT2D eigenvalue weighted by Crippen LogP contribution is 2.25. The van der Waals surface area contributed by atoms with E-state index >= 15 is 0 Å². The number of ether oxygens (including phenoxy) is 2. The first-order chi connectivity index (χ1) is 12.2. The molecule has 0 atom stereocenters. The van der Waals surface area contributed by atoms with E-state index in [0.29, 0.717) is 18.0 Å². The predicted octanol–water partition coefficient (Wildman–Crippen LogP) is 3.34. The molecule has 0 bridgehead atoms. The lowest BCUT2D eigenvalue weighted by Crippen LogP contribution is -2.23. The van der Waals surface area contributed by atoms with Crippen molar-refractivity contribution in [2.75, 3.05) is 32.6 Å². The summed E-state index contributed by atoms with van der Waals surface area (Å²) >= 11 is 0. The van der Waals surface area contributed by atoms with Gasteiger partial charge in [0.2, 0.25) is 5.91 Å². The first kappa shape index (κ1) is 18.4. The molecule has 0 aliphatic heterocycles. The Hall–Kier alpha value is -2.95. The van der Waals surface area contributed by atoms with Gasteiger partial charge >= 0.3 is 0 Å². The van der Waals surface area contributed by atoms with Crippen molar-refractivity contribution < 1.29 is 14.3 Å². The monoisotopic (exact) mass is 340 g/mol. The molecule has 5 heteroatoms. The quantitative estimate of drug-likeness (QED) is 0.543. The third-order valence-electron chi connectivity index (χ3n) is 3.61. The van der Waals surface area contributed by atoms with E-state index in [4.69, 9.17) is 9.47 Å². The average molecular weight is 340 g/mol. The minimum absolute atomic E-state index is 0.127. The standard InChI is InChI=1S/C20H24N2O3/c1-24-18-11-9-16(19(15-18)25-2)10-12-20(23)22-14-6-13-21-17-7-4-3-5-8-17/h3-5,7-12,15,21H,6,13-14H2,1-2H3,(H,22,23). The minimum Gasteiger partial charge on any atom is -0.497 e. The zero-order valence-electron chi connectivity index (χ0n) is 14.6. The molecule has 0 aliphatic carbocycles. The number of methoxy groups -OCH3 is 2. The fourth-order valence-corrected chi connectivity index (χ4v) is 2.27. The summed E-state index contributed by atoms with van der Waals surface area (Å²) in [5.74, 6) is 1.25. The van der Waals surface area contributed by atoms with E-state index in [1.807, 2.05) is 42.5 Å². The Labute approximate surface area is 148 Å². The summed E-state index contributed by atoms with van der Waals surface area (Å²) in [7, 11) is 3.19. The summed E-state index contributed by atoms with van der Waals surface area (Å²) in [6.07, 6.45) is 4.09. The van der Waals surface area contributed by atoms with Crippen LogP contribution >= 0.6 is 0 Å². The van der Waals surface area contributed by atoms with Crippen molar-refractivity contribution >= 4 is 17.7 Å². The second-order valence-electron chi connectivity index (χ2n) is 5.38. The molecule has 132 valence electrons. The molecule has 2 rings (SSSR count). The van der Waals surface area contributed by atoms with E-state index in [-0.39, 0.29) is 5.91 Å². The van der Waals surface area contributed by atoms with Crippen LogP contribution in [0.2, 0.25) is 0 Å². The van der Waals surface area contributed by atoms with Crippen molar-refractivity contribution in [2.24, 2.45) is 0 Å². The van der Waals surface area contributed by atoms with Crippen LogP contribution in [0.25, 0.3) is 6.08 Å². The molecule has 0 unspecified atom stereocenters. The van der Waals surface area contributed by atoms with Crippen LogP contribution in [0.5, 0.6) is 11.5 Å². The van der Waals surface area contributed by atoms with Crippen LogP contribution in [0.15, 0.2) is 54.6 Å². The molecule has 0 saturated carbocycles. The van der Waals surface area contributed by atoms with Gasteiger partial charge < -0.3 is 20.1 Å². The molecule has 0 radical (unpaired) electrons. The highest BCUT2D eigenvalue weighted by atomic mass is 16.5. The van der Waals surface area contributed by atoms with E-state index in [1.165, 1.54) is 6.08 Å². The number of para-hydroxylation sites is 1. The summed E-state index contributed by atoms with van der Waals surface area (Å²) in [6.45, 7) is 1.42. The van der Waals surface area contributed by atoms with E-state index in [9.17, 15) is 4.79 Å². The van der Waals surface area contributed by atoms with Gasteiger partial charge in [0.05, 0.1) is 14.2 Å². The topological polar surface area (TPSA) is 59.6 Å². The normalized spacial score (nSPS) is 10.5. The molecule has 2 aromatic rings. The van der Waals surface area contributed by atoms with Gasteiger partial charge in [0, 0.05) is 36.5 Å². The average Bonchev–Trinajstić information content (AvgIpc) is 2.66. The van der Waals surface area contributed by atoms with E-state index in [2.05, 4.69) is 10.6 Å². The number of hydrogen-bond acceptors (Lipinski definition) is 4. The van der Waals surface area contributed by atoms with Crippen molar-refractivity contribution in [3.63, 3.8) is 0 Å². The van der Waals surface area contributed by atoms with Gasteiger partial charge in [0.1, 0.15) is 11.5 Å².